The van der Waals surface area contributed by atoms with Crippen LogP contribution in [0.1, 0.15) is 28.4 Å². The summed E-state index contributed by atoms with van der Waals surface area (Å²) in [4.78, 5) is 10.5. The molecule has 4 heteroatoms. The Morgan fingerprint density at radius 3 is 2.06 bits per heavy atom. The van der Waals surface area contributed by atoms with Gasteiger partial charge in [-0.3, -0.25) is 0 Å². The summed E-state index contributed by atoms with van der Waals surface area (Å²) in [6, 6.07) is 3.58. The predicted molar refractivity (Wildman–Crippen MR) is 58.1 cm³/mol. The zero-order valence-corrected chi connectivity index (χ0v) is 9.49. The van der Waals surface area contributed by atoms with Crippen LogP contribution in [0.4, 0.5) is 4.39 Å². The molecule has 0 aromatic heterocycles. The summed E-state index contributed by atoms with van der Waals surface area (Å²) >= 11 is 0. The molecule has 16 heavy (non-hydrogen) atoms. The van der Waals surface area contributed by atoms with Crippen molar-refractivity contribution in [1.29, 1.82) is 0 Å². The van der Waals surface area contributed by atoms with Crippen LogP contribution < -0.4 is 0 Å². The zero-order valence-electron chi connectivity index (χ0n) is 9.49. The lowest BCUT2D eigenvalue weighted by atomic mass is 9.93. The summed E-state index contributed by atoms with van der Waals surface area (Å²) in [6.45, 7) is 5.35. The second kappa shape index (κ2) is 4.61. The lowest BCUT2D eigenvalue weighted by molar-refractivity contribution is -0.147. The molecule has 0 aliphatic rings. The maximum Gasteiger partial charge on any atom is 0.341 e. The van der Waals surface area contributed by atoms with Crippen LogP contribution in [0.25, 0.3) is 0 Å². The van der Waals surface area contributed by atoms with Gasteiger partial charge in [-0.15, -0.1) is 0 Å². The highest BCUT2D eigenvalue weighted by Gasteiger charge is 2.29. The largest absolute Gasteiger partial charge is 0.479 e. The van der Waals surface area contributed by atoms with Crippen molar-refractivity contribution in [3.05, 3.63) is 34.4 Å². The SMILES string of the molecule is Cc1cc(C)c(C(O)C(F)C(=O)O)c(C)c1. The lowest BCUT2D eigenvalue weighted by Crippen LogP contribution is -2.24. The Morgan fingerprint density at radius 1 is 1.25 bits per heavy atom. The molecule has 0 amide bonds. The van der Waals surface area contributed by atoms with Gasteiger partial charge in [-0.25, -0.2) is 9.18 Å². The van der Waals surface area contributed by atoms with Crippen LogP contribution in [0.5, 0.6) is 0 Å². The Bertz CT molecular complexity index is 392. The van der Waals surface area contributed by atoms with Crippen LogP contribution in [0.2, 0.25) is 0 Å². The third-order valence-corrected chi connectivity index (χ3v) is 2.55. The van der Waals surface area contributed by atoms with Crippen LogP contribution in [-0.4, -0.2) is 22.4 Å². The summed E-state index contributed by atoms with van der Waals surface area (Å²) in [5.41, 5.74) is 2.76. The van der Waals surface area contributed by atoms with Crippen molar-refractivity contribution in [2.45, 2.75) is 33.0 Å². The maximum atomic E-state index is 13.2. The number of rotatable bonds is 3. The fourth-order valence-corrected chi connectivity index (χ4v) is 1.94. The number of hydrogen-bond acceptors (Lipinski definition) is 2. The van der Waals surface area contributed by atoms with Crippen molar-refractivity contribution in [2.75, 3.05) is 0 Å². The topological polar surface area (TPSA) is 57.5 Å². The van der Waals surface area contributed by atoms with Crippen molar-refractivity contribution < 1.29 is 19.4 Å². The molecule has 1 aromatic carbocycles. The van der Waals surface area contributed by atoms with Crippen LogP contribution in [-0.2, 0) is 4.79 Å². The molecule has 2 N–H and O–H groups in total. The first kappa shape index (κ1) is 12.6. The van der Waals surface area contributed by atoms with Gasteiger partial charge in [0.25, 0.3) is 0 Å². The van der Waals surface area contributed by atoms with Gasteiger partial charge in [0.15, 0.2) is 0 Å². The normalized spacial score (nSPS) is 14.6. The first-order valence-corrected chi connectivity index (χ1v) is 4.97. The Hall–Kier alpha value is -1.42. The standard InChI is InChI=1S/C12H15FO3/c1-6-4-7(2)9(8(3)5-6)11(14)10(13)12(15)16/h4-5,10-11,14H,1-3H3,(H,15,16). The van der Waals surface area contributed by atoms with Gasteiger partial charge in [0, 0.05) is 0 Å². The summed E-state index contributed by atoms with van der Waals surface area (Å²) in [5, 5.41) is 18.2. The molecule has 0 radical (unpaired) electrons. The molecule has 0 fully saturated rings. The summed E-state index contributed by atoms with van der Waals surface area (Å²) in [5.74, 6) is -1.65. The molecule has 88 valence electrons. The first-order valence-electron chi connectivity index (χ1n) is 4.97. The Morgan fingerprint density at radius 2 is 1.69 bits per heavy atom. The highest BCUT2D eigenvalue weighted by Crippen LogP contribution is 2.27. The van der Waals surface area contributed by atoms with E-state index in [0.29, 0.717) is 16.7 Å². The van der Waals surface area contributed by atoms with Gasteiger partial charge in [-0.05, 0) is 37.5 Å². The van der Waals surface area contributed by atoms with Crippen molar-refractivity contribution in [3.63, 3.8) is 0 Å². The predicted octanol–water partition coefficient (Wildman–Crippen LogP) is 2.07. The molecule has 2 unspecified atom stereocenters. The van der Waals surface area contributed by atoms with Gasteiger partial charge >= 0.3 is 5.97 Å². The van der Waals surface area contributed by atoms with E-state index in [9.17, 15) is 14.3 Å². The fraction of sp³-hybridized carbons (Fsp3) is 0.417. The number of alkyl halides is 1. The van der Waals surface area contributed by atoms with E-state index in [4.69, 9.17) is 5.11 Å². The molecule has 0 saturated heterocycles. The smallest absolute Gasteiger partial charge is 0.341 e. The van der Waals surface area contributed by atoms with Crippen molar-refractivity contribution in [2.24, 2.45) is 0 Å². The molecule has 2 atom stereocenters. The molecule has 0 saturated carbocycles. The number of aryl methyl sites for hydroxylation is 3. The third kappa shape index (κ3) is 2.39. The van der Waals surface area contributed by atoms with Gasteiger partial charge in [0.2, 0.25) is 6.17 Å². The molecule has 0 aliphatic heterocycles. The molecule has 0 aliphatic carbocycles. The quantitative estimate of drug-likeness (QED) is 0.829. The number of carbonyl (C=O) groups is 1. The molecular formula is C12H15FO3. The van der Waals surface area contributed by atoms with E-state index in [0.717, 1.165) is 5.56 Å². The number of carboxylic acid groups (broad SMARTS) is 1. The number of aliphatic carboxylic acids is 1. The van der Waals surface area contributed by atoms with Gasteiger partial charge < -0.3 is 10.2 Å². The van der Waals surface area contributed by atoms with E-state index in [1.165, 1.54) is 0 Å². The minimum absolute atomic E-state index is 0.362. The van der Waals surface area contributed by atoms with Crippen LogP contribution in [0.15, 0.2) is 12.1 Å². The van der Waals surface area contributed by atoms with Crippen molar-refractivity contribution >= 4 is 5.97 Å². The summed E-state index contributed by atoms with van der Waals surface area (Å²) < 4.78 is 13.2. The van der Waals surface area contributed by atoms with E-state index in [-0.39, 0.29) is 0 Å². The lowest BCUT2D eigenvalue weighted by Gasteiger charge is -2.18. The van der Waals surface area contributed by atoms with E-state index >= 15 is 0 Å². The van der Waals surface area contributed by atoms with Gasteiger partial charge in [-0.2, -0.15) is 0 Å². The molecule has 0 heterocycles. The number of carboxylic acids is 1. The van der Waals surface area contributed by atoms with Gasteiger partial charge in [0.1, 0.15) is 6.10 Å². The van der Waals surface area contributed by atoms with Gasteiger partial charge in [-0.1, -0.05) is 17.7 Å². The molecular weight excluding hydrogens is 211 g/mol. The van der Waals surface area contributed by atoms with E-state index in [1.54, 1.807) is 26.0 Å². The molecule has 1 aromatic rings. The highest BCUT2D eigenvalue weighted by molar-refractivity contribution is 5.73. The average Bonchev–Trinajstić information content (AvgIpc) is 2.14. The number of hydrogen-bond donors (Lipinski definition) is 2. The third-order valence-electron chi connectivity index (χ3n) is 2.55. The molecule has 0 bridgehead atoms. The second-order valence-electron chi connectivity index (χ2n) is 4.00. The Kier molecular flexibility index (Phi) is 3.65. The second-order valence-corrected chi connectivity index (χ2v) is 4.00. The minimum atomic E-state index is -2.29. The Balaban J connectivity index is 3.18. The highest BCUT2D eigenvalue weighted by atomic mass is 19.1. The zero-order chi connectivity index (χ0) is 12.5. The minimum Gasteiger partial charge on any atom is -0.479 e. The maximum absolute atomic E-state index is 13.2. The van der Waals surface area contributed by atoms with E-state index < -0.39 is 18.2 Å². The molecule has 1 rings (SSSR count). The van der Waals surface area contributed by atoms with Gasteiger partial charge in [0.05, 0.1) is 0 Å². The Labute approximate surface area is 93.5 Å². The van der Waals surface area contributed by atoms with E-state index in [2.05, 4.69) is 0 Å². The monoisotopic (exact) mass is 226 g/mol. The first-order chi connectivity index (χ1) is 7.34. The molecule has 3 nitrogen and oxygen atoms in total. The van der Waals surface area contributed by atoms with Crippen LogP contribution in [0.3, 0.4) is 0 Å². The number of aliphatic hydroxyl groups excluding tert-OH is 1. The van der Waals surface area contributed by atoms with Crippen molar-refractivity contribution in [1.82, 2.24) is 0 Å². The fourth-order valence-electron chi connectivity index (χ4n) is 1.94. The average molecular weight is 226 g/mol. The van der Waals surface area contributed by atoms with Crippen molar-refractivity contribution in [3.8, 4) is 0 Å². The van der Waals surface area contributed by atoms with Crippen LogP contribution >= 0.6 is 0 Å². The van der Waals surface area contributed by atoms with Crippen LogP contribution in [0, 0.1) is 20.8 Å². The summed E-state index contributed by atoms with van der Waals surface area (Å²) in [6.07, 6.45) is -3.90. The molecule has 0 spiro atoms. The number of aliphatic hydroxyl groups is 1. The number of halogens is 1. The summed E-state index contributed by atoms with van der Waals surface area (Å²) in [7, 11) is 0. The number of benzene rings is 1. The van der Waals surface area contributed by atoms with E-state index in [1.807, 2.05) is 6.92 Å².